The molecule has 0 aliphatic rings. The van der Waals surface area contributed by atoms with Crippen LogP contribution in [0.25, 0.3) is 11.4 Å². The van der Waals surface area contributed by atoms with Gasteiger partial charge in [-0.05, 0) is 39.8 Å². The van der Waals surface area contributed by atoms with Crippen LogP contribution in [0.5, 0.6) is 11.5 Å². The molecule has 1 N–H and O–H groups in total. The van der Waals surface area contributed by atoms with E-state index >= 15 is 0 Å². The summed E-state index contributed by atoms with van der Waals surface area (Å²) in [5, 5.41) is 10.4. The van der Waals surface area contributed by atoms with Crippen molar-refractivity contribution < 1.29 is 19.3 Å². The fraction of sp³-hybridized carbons (Fsp3) is 0.438. The van der Waals surface area contributed by atoms with Crippen LogP contribution in [0.1, 0.15) is 26.3 Å². The van der Waals surface area contributed by atoms with Crippen molar-refractivity contribution in [3.8, 4) is 22.9 Å². The third kappa shape index (κ3) is 4.37. The lowest BCUT2D eigenvalue weighted by molar-refractivity contribution is -0.202. The Hall–Kier alpha value is -2.25. The monoisotopic (exact) mass is 319 g/mol. The highest BCUT2D eigenvalue weighted by molar-refractivity contribution is 5.68. The normalized spacial score (nSPS) is 13.6. The van der Waals surface area contributed by atoms with Gasteiger partial charge in [0.2, 0.25) is 0 Å². The highest BCUT2D eigenvalue weighted by Gasteiger charge is 2.16. The Morgan fingerprint density at radius 2 is 1.83 bits per heavy atom. The molecule has 1 heterocycles. The standard InChI is InChI=1S/C16H21N3O4/c1-5-21-11(3)22-12(4)23-14-7-6-13(15(20)10(14)2)16-18-8-17-9-19-16/h6-9,11-12,20H,5H2,1-4H3. The molecule has 2 unspecified atom stereocenters. The number of ether oxygens (including phenoxy) is 3. The van der Waals surface area contributed by atoms with Crippen LogP contribution in [0.2, 0.25) is 0 Å². The summed E-state index contributed by atoms with van der Waals surface area (Å²) in [5.41, 5.74) is 1.11. The van der Waals surface area contributed by atoms with Gasteiger partial charge in [-0.25, -0.2) is 15.0 Å². The van der Waals surface area contributed by atoms with Crippen molar-refractivity contribution in [3.05, 3.63) is 30.4 Å². The highest BCUT2D eigenvalue weighted by atomic mass is 16.8. The van der Waals surface area contributed by atoms with Gasteiger partial charge >= 0.3 is 0 Å². The number of aromatic nitrogens is 3. The van der Waals surface area contributed by atoms with Crippen LogP contribution < -0.4 is 4.74 Å². The predicted octanol–water partition coefficient (Wildman–Crippen LogP) is 2.68. The summed E-state index contributed by atoms with van der Waals surface area (Å²) in [7, 11) is 0. The van der Waals surface area contributed by atoms with E-state index in [9.17, 15) is 5.11 Å². The summed E-state index contributed by atoms with van der Waals surface area (Å²) in [5.74, 6) is 0.997. The summed E-state index contributed by atoms with van der Waals surface area (Å²) in [6, 6.07) is 3.45. The molecule has 1 aromatic heterocycles. The first-order chi connectivity index (χ1) is 11.0. The molecule has 2 aromatic rings. The van der Waals surface area contributed by atoms with Crippen molar-refractivity contribution in [2.75, 3.05) is 6.61 Å². The van der Waals surface area contributed by atoms with E-state index in [1.54, 1.807) is 32.9 Å². The number of aromatic hydroxyl groups is 1. The Morgan fingerprint density at radius 1 is 1.13 bits per heavy atom. The van der Waals surface area contributed by atoms with E-state index in [2.05, 4.69) is 15.0 Å². The molecule has 0 spiro atoms. The molecular formula is C16H21N3O4. The summed E-state index contributed by atoms with van der Waals surface area (Å²) in [6.45, 7) is 7.79. The second-order valence-corrected chi connectivity index (χ2v) is 4.89. The molecular weight excluding hydrogens is 298 g/mol. The maximum atomic E-state index is 10.4. The van der Waals surface area contributed by atoms with Gasteiger partial charge in [0, 0.05) is 12.2 Å². The summed E-state index contributed by atoms with van der Waals surface area (Å²) in [4.78, 5) is 11.8. The van der Waals surface area contributed by atoms with E-state index in [-0.39, 0.29) is 12.0 Å². The third-order valence-electron chi connectivity index (χ3n) is 3.19. The number of nitrogens with zero attached hydrogens (tertiary/aromatic N) is 3. The van der Waals surface area contributed by atoms with Crippen molar-refractivity contribution in [2.24, 2.45) is 0 Å². The second-order valence-electron chi connectivity index (χ2n) is 4.89. The maximum Gasteiger partial charge on any atom is 0.199 e. The molecule has 0 fully saturated rings. The van der Waals surface area contributed by atoms with E-state index in [1.165, 1.54) is 12.7 Å². The van der Waals surface area contributed by atoms with Crippen molar-refractivity contribution in [1.82, 2.24) is 15.0 Å². The van der Waals surface area contributed by atoms with Crippen LogP contribution in [0.4, 0.5) is 0 Å². The Kier molecular flexibility index (Phi) is 5.84. The SMILES string of the molecule is CCOC(C)OC(C)Oc1ccc(-c2ncncn2)c(O)c1C. The van der Waals surface area contributed by atoms with Gasteiger partial charge in [0.1, 0.15) is 24.2 Å². The first-order valence-corrected chi connectivity index (χ1v) is 7.41. The van der Waals surface area contributed by atoms with Crippen molar-refractivity contribution >= 4 is 0 Å². The van der Waals surface area contributed by atoms with Crippen LogP contribution in [-0.2, 0) is 9.47 Å². The Labute approximate surface area is 135 Å². The lowest BCUT2D eigenvalue weighted by Crippen LogP contribution is -2.24. The summed E-state index contributed by atoms with van der Waals surface area (Å²) < 4.78 is 16.6. The van der Waals surface area contributed by atoms with Gasteiger partial charge in [0.15, 0.2) is 18.4 Å². The maximum absolute atomic E-state index is 10.4. The second kappa shape index (κ2) is 7.85. The van der Waals surface area contributed by atoms with Gasteiger partial charge in [0.25, 0.3) is 0 Å². The number of phenolic OH excluding ortho intramolecular Hbond substituents is 1. The molecule has 0 aliphatic heterocycles. The van der Waals surface area contributed by atoms with Crippen LogP contribution in [0, 0.1) is 6.92 Å². The molecule has 0 amide bonds. The molecule has 2 atom stereocenters. The Bertz CT molecular complexity index is 637. The largest absolute Gasteiger partial charge is 0.507 e. The van der Waals surface area contributed by atoms with Crippen molar-refractivity contribution in [3.63, 3.8) is 0 Å². The predicted molar refractivity (Wildman–Crippen MR) is 83.9 cm³/mol. The van der Waals surface area contributed by atoms with E-state index in [1.807, 2.05) is 6.92 Å². The summed E-state index contributed by atoms with van der Waals surface area (Å²) >= 11 is 0. The van der Waals surface area contributed by atoms with Gasteiger partial charge in [0.05, 0.1) is 5.56 Å². The smallest absolute Gasteiger partial charge is 0.199 e. The lowest BCUT2D eigenvalue weighted by Gasteiger charge is -2.21. The van der Waals surface area contributed by atoms with Gasteiger partial charge in [-0.15, -0.1) is 0 Å². The third-order valence-corrected chi connectivity index (χ3v) is 3.19. The molecule has 7 nitrogen and oxygen atoms in total. The van der Waals surface area contributed by atoms with Gasteiger partial charge in [-0.2, -0.15) is 0 Å². The lowest BCUT2D eigenvalue weighted by atomic mass is 10.1. The van der Waals surface area contributed by atoms with E-state index in [0.29, 0.717) is 29.3 Å². The van der Waals surface area contributed by atoms with Gasteiger partial charge < -0.3 is 19.3 Å². The van der Waals surface area contributed by atoms with Crippen LogP contribution in [-0.4, -0.2) is 39.2 Å². The molecule has 23 heavy (non-hydrogen) atoms. The minimum Gasteiger partial charge on any atom is -0.507 e. The number of rotatable bonds is 7. The minimum atomic E-state index is -0.516. The van der Waals surface area contributed by atoms with Gasteiger partial charge in [-0.3, -0.25) is 0 Å². The minimum absolute atomic E-state index is 0.0683. The zero-order valence-electron chi connectivity index (χ0n) is 13.7. The molecule has 0 bridgehead atoms. The molecule has 1 aromatic carbocycles. The van der Waals surface area contributed by atoms with E-state index in [0.717, 1.165) is 0 Å². The fourth-order valence-electron chi connectivity index (χ4n) is 2.12. The van der Waals surface area contributed by atoms with Crippen LogP contribution >= 0.6 is 0 Å². The van der Waals surface area contributed by atoms with Crippen molar-refractivity contribution in [1.29, 1.82) is 0 Å². The number of hydrogen-bond acceptors (Lipinski definition) is 7. The zero-order chi connectivity index (χ0) is 16.8. The summed E-state index contributed by atoms with van der Waals surface area (Å²) in [6.07, 6.45) is 1.88. The average molecular weight is 319 g/mol. The van der Waals surface area contributed by atoms with Gasteiger partial charge in [-0.1, -0.05) is 0 Å². The number of benzene rings is 1. The number of hydrogen-bond donors (Lipinski definition) is 1. The van der Waals surface area contributed by atoms with Crippen LogP contribution in [0.15, 0.2) is 24.8 Å². The zero-order valence-corrected chi connectivity index (χ0v) is 13.7. The van der Waals surface area contributed by atoms with Crippen molar-refractivity contribution in [2.45, 2.75) is 40.3 Å². The molecule has 0 saturated carbocycles. The Balaban J connectivity index is 2.14. The Morgan fingerprint density at radius 3 is 2.48 bits per heavy atom. The molecule has 0 saturated heterocycles. The first-order valence-electron chi connectivity index (χ1n) is 7.41. The molecule has 0 aliphatic carbocycles. The molecule has 2 rings (SSSR count). The molecule has 7 heteroatoms. The average Bonchev–Trinajstić information content (AvgIpc) is 2.53. The van der Waals surface area contributed by atoms with Crippen LogP contribution in [0.3, 0.4) is 0 Å². The number of phenols is 1. The fourth-order valence-corrected chi connectivity index (χ4v) is 2.12. The quantitative estimate of drug-likeness (QED) is 0.785. The topological polar surface area (TPSA) is 86.6 Å². The highest BCUT2D eigenvalue weighted by Crippen LogP contribution is 2.35. The molecule has 0 radical (unpaired) electrons. The van der Waals surface area contributed by atoms with E-state index in [4.69, 9.17) is 14.2 Å². The molecule has 124 valence electrons. The first kappa shape index (κ1) is 17.1. The van der Waals surface area contributed by atoms with E-state index < -0.39 is 6.29 Å².